The van der Waals surface area contributed by atoms with Gasteiger partial charge in [-0.05, 0) is 25.1 Å². The van der Waals surface area contributed by atoms with Crippen molar-refractivity contribution in [2.45, 2.75) is 18.4 Å². The van der Waals surface area contributed by atoms with Gasteiger partial charge in [-0.1, -0.05) is 17.7 Å². The SMILES string of the molecule is Cc1ccc(S(=O)(=O)OCc2ccc([N+](=O)[O-])cn2)cc1. The second-order valence-electron chi connectivity index (χ2n) is 4.29. The summed E-state index contributed by atoms with van der Waals surface area (Å²) in [5.74, 6) is 0. The standard InChI is InChI=1S/C13H12N2O5S/c1-10-2-6-13(7-3-10)21(18,19)20-9-11-4-5-12(8-14-11)15(16)17/h2-8H,9H2,1H3. The molecule has 0 amide bonds. The summed E-state index contributed by atoms with van der Waals surface area (Å²) in [6, 6.07) is 8.83. The van der Waals surface area contributed by atoms with E-state index in [9.17, 15) is 18.5 Å². The summed E-state index contributed by atoms with van der Waals surface area (Å²) >= 11 is 0. The summed E-state index contributed by atoms with van der Waals surface area (Å²) in [7, 11) is -3.88. The normalized spacial score (nSPS) is 11.3. The molecule has 2 rings (SSSR count). The molecule has 0 aliphatic heterocycles. The number of benzene rings is 1. The van der Waals surface area contributed by atoms with Crippen LogP contribution in [-0.4, -0.2) is 18.3 Å². The Labute approximate surface area is 121 Å². The molecular formula is C13H12N2O5S. The first-order valence-electron chi connectivity index (χ1n) is 5.94. The zero-order valence-electron chi connectivity index (χ0n) is 11.1. The van der Waals surface area contributed by atoms with Gasteiger partial charge < -0.3 is 0 Å². The van der Waals surface area contributed by atoms with E-state index in [0.29, 0.717) is 0 Å². The Morgan fingerprint density at radius 3 is 2.38 bits per heavy atom. The molecule has 21 heavy (non-hydrogen) atoms. The Morgan fingerprint density at radius 2 is 1.86 bits per heavy atom. The molecule has 1 aromatic carbocycles. The molecule has 0 unspecified atom stereocenters. The predicted octanol–water partition coefficient (Wildman–Crippen LogP) is 2.20. The van der Waals surface area contributed by atoms with Gasteiger partial charge >= 0.3 is 0 Å². The molecule has 0 aliphatic carbocycles. The van der Waals surface area contributed by atoms with E-state index in [0.717, 1.165) is 11.8 Å². The highest BCUT2D eigenvalue weighted by Crippen LogP contribution is 2.15. The molecular weight excluding hydrogens is 296 g/mol. The lowest BCUT2D eigenvalue weighted by Crippen LogP contribution is -2.07. The van der Waals surface area contributed by atoms with Crippen LogP contribution in [0.2, 0.25) is 0 Å². The highest BCUT2D eigenvalue weighted by atomic mass is 32.2. The van der Waals surface area contributed by atoms with E-state index in [4.69, 9.17) is 4.18 Å². The van der Waals surface area contributed by atoms with Crippen LogP contribution in [-0.2, 0) is 20.9 Å². The summed E-state index contributed by atoms with van der Waals surface area (Å²) in [5.41, 5.74) is 1.06. The fraction of sp³-hybridized carbons (Fsp3) is 0.154. The first-order chi connectivity index (χ1) is 9.88. The first kappa shape index (κ1) is 15.1. The second-order valence-corrected chi connectivity index (χ2v) is 5.91. The highest BCUT2D eigenvalue weighted by molar-refractivity contribution is 7.86. The van der Waals surface area contributed by atoms with Crippen molar-refractivity contribution in [2.24, 2.45) is 0 Å². The van der Waals surface area contributed by atoms with Crippen LogP contribution < -0.4 is 0 Å². The molecule has 1 heterocycles. The van der Waals surface area contributed by atoms with E-state index < -0.39 is 15.0 Å². The first-order valence-corrected chi connectivity index (χ1v) is 7.35. The summed E-state index contributed by atoms with van der Waals surface area (Å²) in [5, 5.41) is 10.5. The molecule has 0 spiro atoms. The van der Waals surface area contributed by atoms with E-state index in [1.54, 1.807) is 12.1 Å². The van der Waals surface area contributed by atoms with Crippen LogP contribution in [0.3, 0.4) is 0 Å². The number of nitro groups is 1. The number of pyridine rings is 1. The van der Waals surface area contributed by atoms with Crippen molar-refractivity contribution in [3.05, 3.63) is 64.0 Å². The van der Waals surface area contributed by atoms with Gasteiger partial charge in [-0.25, -0.2) is 0 Å². The molecule has 0 radical (unpaired) electrons. The van der Waals surface area contributed by atoms with Crippen molar-refractivity contribution in [3.63, 3.8) is 0 Å². The monoisotopic (exact) mass is 308 g/mol. The quantitative estimate of drug-likeness (QED) is 0.477. The minimum atomic E-state index is -3.88. The Kier molecular flexibility index (Phi) is 4.29. The molecule has 0 atom stereocenters. The van der Waals surface area contributed by atoms with Crippen LogP contribution in [0.5, 0.6) is 0 Å². The van der Waals surface area contributed by atoms with Gasteiger partial charge in [0, 0.05) is 6.07 Å². The number of nitrogens with zero attached hydrogens (tertiary/aromatic N) is 2. The Morgan fingerprint density at radius 1 is 1.19 bits per heavy atom. The average molecular weight is 308 g/mol. The lowest BCUT2D eigenvalue weighted by molar-refractivity contribution is -0.385. The third-order valence-electron chi connectivity index (χ3n) is 2.69. The molecule has 0 fully saturated rings. The third kappa shape index (κ3) is 3.83. The molecule has 0 saturated heterocycles. The second kappa shape index (κ2) is 5.98. The highest BCUT2D eigenvalue weighted by Gasteiger charge is 2.15. The van der Waals surface area contributed by atoms with Crippen molar-refractivity contribution >= 4 is 15.8 Å². The van der Waals surface area contributed by atoms with E-state index in [1.165, 1.54) is 24.3 Å². The summed E-state index contributed by atoms with van der Waals surface area (Å²) < 4.78 is 28.7. The maximum atomic E-state index is 11.9. The number of aromatic nitrogens is 1. The van der Waals surface area contributed by atoms with Crippen molar-refractivity contribution in [2.75, 3.05) is 0 Å². The van der Waals surface area contributed by atoms with Gasteiger partial charge in [-0.15, -0.1) is 0 Å². The molecule has 0 N–H and O–H groups in total. The maximum absolute atomic E-state index is 11.9. The zero-order valence-corrected chi connectivity index (χ0v) is 11.9. The van der Waals surface area contributed by atoms with E-state index in [1.807, 2.05) is 6.92 Å². The van der Waals surface area contributed by atoms with Gasteiger partial charge in [-0.2, -0.15) is 8.42 Å². The topological polar surface area (TPSA) is 99.4 Å². The number of hydrogen-bond donors (Lipinski definition) is 0. The molecule has 2 aromatic rings. The van der Waals surface area contributed by atoms with Gasteiger partial charge in [-0.3, -0.25) is 19.3 Å². The maximum Gasteiger partial charge on any atom is 0.297 e. The van der Waals surface area contributed by atoms with Gasteiger partial charge in [0.25, 0.3) is 15.8 Å². The number of hydrogen-bond acceptors (Lipinski definition) is 6. The van der Waals surface area contributed by atoms with Crippen molar-refractivity contribution < 1.29 is 17.5 Å². The predicted molar refractivity (Wildman–Crippen MR) is 74.0 cm³/mol. The smallest absolute Gasteiger partial charge is 0.260 e. The molecule has 0 bridgehead atoms. The summed E-state index contributed by atoms with van der Waals surface area (Å²) in [6.07, 6.45) is 1.05. The van der Waals surface area contributed by atoms with Crippen LogP contribution in [0.25, 0.3) is 0 Å². The van der Waals surface area contributed by atoms with E-state index in [-0.39, 0.29) is 22.9 Å². The molecule has 0 aliphatic rings. The van der Waals surface area contributed by atoms with Gasteiger partial charge in [0.15, 0.2) is 0 Å². The minimum Gasteiger partial charge on any atom is -0.260 e. The van der Waals surface area contributed by atoms with Crippen LogP contribution in [0.4, 0.5) is 5.69 Å². The number of aryl methyl sites for hydroxylation is 1. The average Bonchev–Trinajstić information content (AvgIpc) is 2.46. The van der Waals surface area contributed by atoms with Crippen molar-refractivity contribution in [1.29, 1.82) is 0 Å². The largest absolute Gasteiger partial charge is 0.297 e. The van der Waals surface area contributed by atoms with Crippen LogP contribution in [0.1, 0.15) is 11.3 Å². The van der Waals surface area contributed by atoms with E-state index >= 15 is 0 Å². The fourth-order valence-electron chi connectivity index (χ4n) is 1.52. The van der Waals surface area contributed by atoms with Crippen LogP contribution in [0.15, 0.2) is 47.5 Å². The molecule has 7 nitrogen and oxygen atoms in total. The molecule has 0 saturated carbocycles. The molecule has 1 aromatic heterocycles. The summed E-state index contributed by atoms with van der Waals surface area (Å²) in [6.45, 7) is 1.56. The van der Waals surface area contributed by atoms with Gasteiger partial charge in [0.05, 0.1) is 15.5 Å². The van der Waals surface area contributed by atoms with Crippen LogP contribution >= 0.6 is 0 Å². The Bertz CT molecular complexity index is 739. The molecule has 8 heteroatoms. The number of rotatable bonds is 5. The lowest BCUT2D eigenvalue weighted by atomic mass is 10.2. The lowest BCUT2D eigenvalue weighted by Gasteiger charge is -2.05. The van der Waals surface area contributed by atoms with Crippen molar-refractivity contribution in [3.8, 4) is 0 Å². The zero-order chi connectivity index (χ0) is 15.5. The van der Waals surface area contributed by atoms with Crippen LogP contribution in [0, 0.1) is 17.0 Å². The van der Waals surface area contributed by atoms with Gasteiger partial charge in [0.2, 0.25) is 0 Å². The summed E-state index contributed by atoms with van der Waals surface area (Å²) in [4.78, 5) is 13.7. The Hall–Kier alpha value is -2.32. The van der Waals surface area contributed by atoms with Crippen molar-refractivity contribution in [1.82, 2.24) is 4.98 Å². The Balaban J connectivity index is 2.08. The minimum absolute atomic E-state index is 0.0509. The fourth-order valence-corrected chi connectivity index (χ4v) is 2.40. The third-order valence-corrected chi connectivity index (χ3v) is 3.97. The van der Waals surface area contributed by atoms with E-state index in [2.05, 4.69) is 4.98 Å². The van der Waals surface area contributed by atoms with Gasteiger partial charge in [0.1, 0.15) is 12.8 Å². The molecule has 110 valence electrons.